The van der Waals surface area contributed by atoms with Gasteiger partial charge in [0.25, 0.3) is 0 Å². The summed E-state index contributed by atoms with van der Waals surface area (Å²) in [5.74, 6) is 0.834. The van der Waals surface area contributed by atoms with Gasteiger partial charge in [-0.3, -0.25) is 0 Å². The molecule has 0 radical (unpaired) electrons. The molecule has 4 heteroatoms. The molecule has 2 saturated heterocycles. The first-order valence-electron chi connectivity index (χ1n) is 7.42. The highest BCUT2D eigenvalue weighted by Gasteiger charge is 2.49. The molecule has 2 rings (SSSR count). The topological polar surface area (TPSA) is 42.2 Å². The zero-order valence-corrected chi connectivity index (χ0v) is 13.9. The minimum Gasteiger partial charge on any atom is -0.416 e. The normalized spacial score (nSPS) is 34.5. The Balaban J connectivity index is 1.97. The minimum atomic E-state index is -1.69. The fraction of sp³-hybridized carbons (Fsp3) is 0.933. The molecule has 0 spiro atoms. The standard InChI is InChI=1S/C15H27NO2Si/c1-15(2,3)19(4,5)17-10-12-11(8-9-16)13-6-7-14(12)18-13/h11-14H,6-8,10H2,1-5H3. The van der Waals surface area contributed by atoms with Crippen LogP contribution in [0.15, 0.2) is 0 Å². The maximum atomic E-state index is 8.99. The molecule has 0 amide bonds. The summed E-state index contributed by atoms with van der Waals surface area (Å²) in [6.07, 6.45) is 3.56. The second kappa shape index (κ2) is 5.20. The van der Waals surface area contributed by atoms with Crippen molar-refractivity contribution in [1.29, 1.82) is 5.26 Å². The van der Waals surface area contributed by atoms with E-state index in [1.165, 1.54) is 0 Å². The molecular formula is C15H27NO2Si. The van der Waals surface area contributed by atoms with Gasteiger partial charge in [0.15, 0.2) is 8.32 Å². The van der Waals surface area contributed by atoms with Crippen LogP contribution in [0.1, 0.15) is 40.0 Å². The molecule has 0 aliphatic carbocycles. The summed E-state index contributed by atoms with van der Waals surface area (Å²) in [6, 6.07) is 2.33. The number of hydrogen-bond acceptors (Lipinski definition) is 3. The zero-order valence-electron chi connectivity index (χ0n) is 12.9. The molecule has 4 atom stereocenters. The highest BCUT2D eigenvalue weighted by atomic mass is 28.4. The van der Waals surface area contributed by atoms with E-state index in [0.29, 0.717) is 30.5 Å². The van der Waals surface area contributed by atoms with Crippen molar-refractivity contribution in [2.75, 3.05) is 6.61 Å². The molecule has 0 aromatic heterocycles. The van der Waals surface area contributed by atoms with Gasteiger partial charge in [-0.15, -0.1) is 0 Å². The van der Waals surface area contributed by atoms with Gasteiger partial charge in [0.2, 0.25) is 0 Å². The largest absolute Gasteiger partial charge is 0.416 e. The Kier molecular flexibility index (Phi) is 4.11. The third kappa shape index (κ3) is 2.88. The number of hydrogen-bond donors (Lipinski definition) is 0. The summed E-state index contributed by atoms with van der Waals surface area (Å²) in [4.78, 5) is 0. The zero-order chi connectivity index (χ0) is 14.3. The number of ether oxygens (including phenoxy) is 1. The molecule has 4 unspecified atom stereocenters. The van der Waals surface area contributed by atoms with E-state index in [1.807, 2.05) is 0 Å². The summed E-state index contributed by atoms with van der Waals surface area (Å²) in [7, 11) is -1.69. The van der Waals surface area contributed by atoms with Crippen LogP contribution in [0.5, 0.6) is 0 Å². The van der Waals surface area contributed by atoms with Crippen LogP contribution in [-0.2, 0) is 9.16 Å². The number of fused-ring (bicyclic) bond motifs is 2. The van der Waals surface area contributed by atoms with Gasteiger partial charge in [0.05, 0.1) is 18.3 Å². The van der Waals surface area contributed by atoms with Crippen LogP contribution < -0.4 is 0 Å². The second-order valence-corrected chi connectivity index (χ2v) is 12.4. The molecule has 2 heterocycles. The molecule has 2 fully saturated rings. The van der Waals surface area contributed by atoms with Gasteiger partial charge >= 0.3 is 0 Å². The van der Waals surface area contributed by atoms with Crippen molar-refractivity contribution in [1.82, 2.24) is 0 Å². The van der Waals surface area contributed by atoms with Crippen molar-refractivity contribution in [3.05, 3.63) is 0 Å². The second-order valence-electron chi connectivity index (χ2n) is 7.55. The average molecular weight is 281 g/mol. The molecule has 3 nitrogen and oxygen atoms in total. The van der Waals surface area contributed by atoms with Gasteiger partial charge in [-0.1, -0.05) is 20.8 Å². The van der Waals surface area contributed by atoms with Crippen LogP contribution >= 0.6 is 0 Å². The van der Waals surface area contributed by atoms with E-state index in [9.17, 15) is 0 Å². The lowest BCUT2D eigenvalue weighted by Gasteiger charge is -2.38. The Labute approximate surface area is 118 Å². The minimum absolute atomic E-state index is 0.246. The van der Waals surface area contributed by atoms with E-state index in [2.05, 4.69) is 39.9 Å². The van der Waals surface area contributed by atoms with E-state index in [-0.39, 0.29) is 5.04 Å². The van der Waals surface area contributed by atoms with Crippen molar-refractivity contribution < 1.29 is 9.16 Å². The van der Waals surface area contributed by atoms with Gasteiger partial charge in [0, 0.05) is 24.9 Å². The monoisotopic (exact) mass is 281 g/mol. The Hall–Kier alpha value is -0.373. The maximum Gasteiger partial charge on any atom is 0.191 e. The number of nitriles is 1. The molecule has 108 valence electrons. The smallest absolute Gasteiger partial charge is 0.191 e. The van der Waals surface area contributed by atoms with Crippen molar-refractivity contribution in [2.24, 2.45) is 11.8 Å². The van der Waals surface area contributed by atoms with E-state index in [4.69, 9.17) is 14.4 Å². The fourth-order valence-electron chi connectivity index (χ4n) is 3.01. The molecule has 0 aromatic carbocycles. The lowest BCUT2D eigenvalue weighted by molar-refractivity contribution is 0.0797. The van der Waals surface area contributed by atoms with Crippen molar-refractivity contribution in [2.45, 2.75) is 70.4 Å². The van der Waals surface area contributed by atoms with Crippen molar-refractivity contribution >= 4 is 8.32 Å². The van der Waals surface area contributed by atoms with Crippen LogP contribution in [0.25, 0.3) is 0 Å². The third-order valence-corrected chi connectivity index (χ3v) is 9.86. The first-order valence-corrected chi connectivity index (χ1v) is 10.3. The molecule has 2 aliphatic rings. The average Bonchev–Trinajstić information content (AvgIpc) is 2.86. The molecule has 0 N–H and O–H groups in total. The highest BCUT2D eigenvalue weighted by molar-refractivity contribution is 6.74. The first kappa shape index (κ1) is 15.0. The SMILES string of the molecule is CC(C)(C)[Si](C)(C)OCC1C2CCC(O2)C1CC#N. The highest BCUT2D eigenvalue weighted by Crippen LogP contribution is 2.46. The predicted molar refractivity (Wildman–Crippen MR) is 78.3 cm³/mol. The van der Waals surface area contributed by atoms with Gasteiger partial charge < -0.3 is 9.16 Å². The molecule has 19 heavy (non-hydrogen) atoms. The van der Waals surface area contributed by atoms with Crippen LogP contribution in [0.2, 0.25) is 18.1 Å². The predicted octanol–water partition coefficient (Wildman–Crippen LogP) is 3.72. The fourth-order valence-corrected chi connectivity index (χ4v) is 4.05. The van der Waals surface area contributed by atoms with Gasteiger partial charge in [0.1, 0.15) is 0 Å². The van der Waals surface area contributed by atoms with Crippen LogP contribution in [0.4, 0.5) is 0 Å². The number of rotatable bonds is 4. The Morgan fingerprint density at radius 3 is 2.32 bits per heavy atom. The Morgan fingerprint density at radius 2 is 1.79 bits per heavy atom. The summed E-state index contributed by atoms with van der Waals surface area (Å²) in [5.41, 5.74) is 0. The van der Waals surface area contributed by atoms with Gasteiger partial charge in [-0.25, -0.2) is 0 Å². The van der Waals surface area contributed by atoms with E-state index in [1.54, 1.807) is 0 Å². The van der Waals surface area contributed by atoms with Crippen LogP contribution in [-0.4, -0.2) is 27.1 Å². The first-order chi connectivity index (χ1) is 8.76. The van der Waals surface area contributed by atoms with E-state index < -0.39 is 8.32 Å². The maximum absolute atomic E-state index is 8.99. The lowest BCUT2D eigenvalue weighted by atomic mass is 9.78. The molecule has 2 aliphatic heterocycles. The van der Waals surface area contributed by atoms with E-state index in [0.717, 1.165) is 19.4 Å². The van der Waals surface area contributed by atoms with Crippen LogP contribution in [0.3, 0.4) is 0 Å². The summed E-state index contributed by atoms with van der Waals surface area (Å²) in [5, 5.41) is 9.24. The molecule has 0 saturated carbocycles. The van der Waals surface area contributed by atoms with E-state index >= 15 is 0 Å². The lowest BCUT2D eigenvalue weighted by Crippen LogP contribution is -2.43. The summed E-state index contributed by atoms with van der Waals surface area (Å²) >= 11 is 0. The van der Waals surface area contributed by atoms with Crippen molar-refractivity contribution in [3.63, 3.8) is 0 Å². The van der Waals surface area contributed by atoms with Crippen molar-refractivity contribution in [3.8, 4) is 6.07 Å². The van der Waals surface area contributed by atoms with Gasteiger partial charge in [-0.2, -0.15) is 5.26 Å². The molecule has 2 bridgehead atoms. The Morgan fingerprint density at radius 1 is 1.21 bits per heavy atom. The molecular weight excluding hydrogens is 254 g/mol. The number of nitrogens with zero attached hydrogens (tertiary/aromatic N) is 1. The van der Waals surface area contributed by atoms with Crippen LogP contribution in [0, 0.1) is 23.2 Å². The quantitative estimate of drug-likeness (QED) is 0.738. The Bertz CT molecular complexity index is 369. The van der Waals surface area contributed by atoms with Gasteiger partial charge in [-0.05, 0) is 31.0 Å². The molecule has 0 aromatic rings. The summed E-state index contributed by atoms with van der Waals surface area (Å²) in [6.45, 7) is 12.2. The summed E-state index contributed by atoms with van der Waals surface area (Å²) < 4.78 is 12.3. The third-order valence-electron chi connectivity index (χ3n) is 5.36.